The molecule has 33 heavy (non-hydrogen) atoms. The van der Waals surface area contributed by atoms with Gasteiger partial charge < -0.3 is 15.0 Å². The van der Waals surface area contributed by atoms with E-state index in [1.807, 2.05) is 18.2 Å². The minimum Gasteiger partial charge on any atom is -0.489 e. The predicted molar refractivity (Wildman–Crippen MR) is 123 cm³/mol. The first-order valence-corrected chi connectivity index (χ1v) is 12.1. The molecular weight excluding hydrogens is 416 g/mol. The van der Waals surface area contributed by atoms with E-state index in [0.717, 1.165) is 56.5 Å². The molecule has 7 heteroatoms. The van der Waals surface area contributed by atoms with Crippen LogP contribution in [0.15, 0.2) is 30.5 Å². The van der Waals surface area contributed by atoms with Crippen LogP contribution in [0.5, 0.6) is 5.75 Å². The molecule has 1 aromatic rings. The van der Waals surface area contributed by atoms with Crippen molar-refractivity contribution >= 4 is 11.8 Å². The maximum absolute atomic E-state index is 13.0. The Kier molecular flexibility index (Phi) is 5.65. The number of ether oxygens (including phenoxy) is 1. The van der Waals surface area contributed by atoms with Crippen LogP contribution in [0.25, 0.3) is 0 Å². The number of benzene rings is 1. The molecule has 0 bridgehead atoms. The van der Waals surface area contributed by atoms with Crippen molar-refractivity contribution in [2.24, 2.45) is 5.41 Å². The van der Waals surface area contributed by atoms with Gasteiger partial charge in [0.25, 0.3) is 5.91 Å². The summed E-state index contributed by atoms with van der Waals surface area (Å²) in [6.45, 7) is 8.21. The van der Waals surface area contributed by atoms with Gasteiger partial charge in [-0.25, -0.2) is 0 Å². The van der Waals surface area contributed by atoms with E-state index >= 15 is 0 Å². The van der Waals surface area contributed by atoms with E-state index in [1.54, 1.807) is 4.90 Å². The lowest BCUT2D eigenvalue weighted by Crippen LogP contribution is -2.49. The van der Waals surface area contributed by atoms with Crippen LogP contribution in [0.1, 0.15) is 67.8 Å². The molecule has 1 N–H and O–H groups in total. The number of fused-ring (bicyclic) bond motifs is 1. The van der Waals surface area contributed by atoms with Gasteiger partial charge in [-0.15, -0.1) is 0 Å². The lowest BCUT2D eigenvalue weighted by atomic mass is 9.81. The summed E-state index contributed by atoms with van der Waals surface area (Å²) in [4.78, 5) is 29.6. The van der Waals surface area contributed by atoms with E-state index in [-0.39, 0.29) is 23.3 Å². The number of nitrogens with one attached hydrogen (secondary N) is 1. The van der Waals surface area contributed by atoms with Crippen molar-refractivity contribution in [3.8, 4) is 11.8 Å². The molecule has 3 heterocycles. The Morgan fingerprint density at radius 3 is 2.73 bits per heavy atom. The first-order valence-electron chi connectivity index (χ1n) is 12.1. The smallest absolute Gasteiger partial charge is 0.255 e. The molecule has 0 aromatic heterocycles. The molecule has 2 saturated heterocycles. The molecule has 3 aliphatic heterocycles. The first kappa shape index (κ1) is 22.0. The fraction of sp³-hybridized carbons (Fsp3) is 0.577. The van der Waals surface area contributed by atoms with Crippen molar-refractivity contribution in [3.63, 3.8) is 0 Å². The number of likely N-dealkylation sites (tertiary alicyclic amines) is 1. The molecule has 3 fully saturated rings. The molecule has 2 amide bonds. The van der Waals surface area contributed by atoms with Gasteiger partial charge >= 0.3 is 0 Å². The second-order valence-corrected chi connectivity index (χ2v) is 10.3. The normalized spacial score (nSPS) is 29.5. The summed E-state index contributed by atoms with van der Waals surface area (Å²) in [6, 6.07) is 8.12. The summed E-state index contributed by atoms with van der Waals surface area (Å²) in [5, 5.41) is 12.2. The number of carbonyl (C=O) groups is 2. The zero-order chi connectivity index (χ0) is 23.2. The van der Waals surface area contributed by atoms with Crippen molar-refractivity contribution < 1.29 is 14.3 Å². The van der Waals surface area contributed by atoms with E-state index in [9.17, 15) is 14.9 Å². The Hall–Kier alpha value is -2.85. The van der Waals surface area contributed by atoms with E-state index in [4.69, 9.17) is 4.74 Å². The molecule has 4 aliphatic rings. The molecule has 1 aliphatic carbocycles. The summed E-state index contributed by atoms with van der Waals surface area (Å²) in [5.74, 6) is 0.559. The quantitative estimate of drug-likeness (QED) is 0.763. The second kappa shape index (κ2) is 8.49. The van der Waals surface area contributed by atoms with Gasteiger partial charge in [0.05, 0.1) is 11.5 Å². The average molecular weight is 449 g/mol. The van der Waals surface area contributed by atoms with Crippen molar-refractivity contribution in [2.75, 3.05) is 13.1 Å². The lowest BCUT2D eigenvalue weighted by molar-refractivity contribution is -0.126. The summed E-state index contributed by atoms with van der Waals surface area (Å²) in [7, 11) is 0. The fourth-order valence-corrected chi connectivity index (χ4v) is 5.80. The van der Waals surface area contributed by atoms with Crippen molar-refractivity contribution in [3.05, 3.63) is 41.6 Å². The van der Waals surface area contributed by atoms with E-state index in [2.05, 4.69) is 29.8 Å². The van der Waals surface area contributed by atoms with Crippen molar-refractivity contribution in [1.82, 2.24) is 15.1 Å². The summed E-state index contributed by atoms with van der Waals surface area (Å²) in [5.41, 5.74) is 2.10. The van der Waals surface area contributed by atoms with Crippen LogP contribution in [0.3, 0.4) is 0 Å². The van der Waals surface area contributed by atoms with Gasteiger partial charge in [0, 0.05) is 36.9 Å². The monoisotopic (exact) mass is 448 g/mol. The van der Waals surface area contributed by atoms with Crippen LogP contribution in [-0.4, -0.2) is 52.9 Å². The molecular formula is C26H32N4O3. The highest BCUT2D eigenvalue weighted by molar-refractivity contribution is 6.01. The largest absolute Gasteiger partial charge is 0.489 e. The van der Waals surface area contributed by atoms with Gasteiger partial charge in [0.2, 0.25) is 5.91 Å². The number of hydrogen-bond donors (Lipinski definition) is 1. The number of nitrogens with zero attached hydrogens (tertiary/aromatic N) is 3. The number of nitriles is 1. The SMILES string of the molecule is C=C1CCC(N2Cc3cc(O[C@@H]4CCC[C@H]4N4CCC(C)(C#N)CC4)ccc3C2=O)C(=O)N1. The molecule has 174 valence electrons. The molecule has 0 spiro atoms. The topological polar surface area (TPSA) is 85.7 Å². The Labute approximate surface area is 195 Å². The first-order chi connectivity index (χ1) is 15.9. The van der Waals surface area contributed by atoms with Crippen molar-refractivity contribution in [1.29, 1.82) is 5.26 Å². The molecule has 7 nitrogen and oxygen atoms in total. The molecule has 1 unspecified atom stereocenters. The number of carbonyl (C=O) groups excluding carboxylic acids is 2. The molecule has 0 radical (unpaired) electrons. The van der Waals surface area contributed by atoms with E-state index in [0.29, 0.717) is 36.7 Å². The zero-order valence-corrected chi connectivity index (χ0v) is 19.3. The van der Waals surface area contributed by atoms with Crippen LogP contribution < -0.4 is 10.1 Å². The van der Waals surface area contributed by atoms with Gasteiger partial charge in [-0.3, -0.25) is 14.5 Å². The molecule has 1 aromatic carbocycles. The van der Waals surface area contributed by atoms with E-state index in [1.165, 1.54) is 0 Å². The molecule has 5 rings (SSSR count). The highest BCUT2D eigenvalue weighted by Crippen LogP contribution is 2.36. The lowest BCUT2D eigenvalue weighted by Gasteiger charge is -2.40. The third-order valence-corrected chi connectivity index (χ3v) is 7.95. The van der Waals surface area contributed by atoms with Gasteiger partial charge in [-0.1, -0.05) is 6.58 Å². The summed E-state index contributed by atoms with van der Waals surface area (Å²) < 4.78 is 6.47. The highest BCUT2D eigenvalue weighted by atomic mass is 16.5. The van der Waals surface area contributed by atoms with Gasteiger partial charge in [-0.2, -0.15) is 5.26 Å². The van der Waals surface area contributed by atoms with Crippen LogP contribution in [0, 0.1) is 16.7 Å². The summed E-state index contributed by atoms with van der Waals surface area (Å²) in [6.07, 6.45) is 6.52. The minimum atomic E-state index is -0.447. The van der Waals surface area contributed by atoms with Crippen LogP contribution >= 0.6 is 0 Å². The van der Waals surface area contributed by atoms with Crippen LogP contribution in [0.2, 0.25) is 0 Å². The number of amides is 2. The van der Waals surface area contributed by atoms with Gasteiger partial charge in [0.15, 0.2) is 0 Å². The number of hydrogen-bond acceptors (Lipinski definition) is 5. The van der Waals surface area contributed by atoms with Crippen LogP contribution in [0.4, 0.5) is 0 Å². The third kappa shape index (κ3) is 4.13. The van der Waals surface area contributed by atoms with E-state index < -0.39 is 6.04 Å². The average Bonchev–Trinajstić information content (AvgIpc) is 3.39. The Bertz CT molecular complexity index is 1020. The van der Waals surface area contributed by atoms with Gasteiger partial charge in [0.1, 0.15) is 17.9 Å². The highest BCUT2D eigenvalue weighted by Gasteiger charge is 2.40. The maximum atomic E-state index is 13.0. The number of piperidine rings is 2. The number of allylic oxidation sites excluding steroid dienone is 1. The fourth-order valence-electron chi connectivity index (χ4n) is 5.80. The Morgan fingerprint density at radius 1 is 1.21 bits per heavy atom. The molecule has 3 atom stereocenters. The number of rotatable bonds is 4. The maximum Gasteiger partial charge on any atom is 0.255 e. The van der Waals surface area contributed by atoms with Crippen LogP contribution in [-0.2, 0) is 11.3 Å². The Balaban J connectivity index is 1.25. The summed E-state index contributed by atoms with van der Waals surface area (Å²) >= 11 is 0. The second-order valence-electron chi connectivity index (χ2n) is 10.3. The third-order valence-electron chi connectivity index (χ3n) is 7.95. The standard InChI is InChI=1S/C26H32N4O3/c1-17-6-9-22(24(31)28-17)30-15-18-14-19(7-8-20(18)25(30)32)33-23-5-3-4-21(23)29-12-10-26(2,16-27)11-13-29/h7-8,14,21-23H,1,3-6,9-13,15H2,2H3,(H,28,31)/t21-,22?,23-/m1/s1. The minimum absolute atomic E-state index is 0.0863. The Morgan fingerprint density at radius 2 is 2.00 bits per heavy atom. The van der Waals surface area contributed by atoms with Crippen molar-refractivity contribution in [2.45, 2.75) is 76.6 Å². The zero-order valence-electron chi connectivity index (χ0n) is 19.3. The van der Waals surface area contributed by atoms with Gasteiger partial charge in [-0.05, 0) is 75.6 Å². The molecule has 1 saturated carbocycles. The predicted octanol–water partition coefficient (Wildman–Crippen LogP) is 3.36.